The number of likely N-dealkylation sites (tertiary alicyclic amines) is 1. The maximum absolute atomic E-state index is 15.3. The van der Waals surface area contributed by atoms with Crippen molar-refractivity contribution < 1.29 is 18.8 Å². The second kappa shape index (κ2) is 7.78. The number of carbonyl (C=O) groups excluding carboxylic acids is 3. The Kier molecular flexibility index (Phi) is 4.90. The predicted molar refractivity (Wildman–Crippen MR) is 126 cm³/mol. The Morgan fingerprint density at radius 1 is 1.17 bits per heavy atom. The average molecular weight is 496 g/mol. The first-order valence-electron chi connectivity index (χ1n) is 11.6. The van der Waals surface area contributed by atoms with E-state index in [4.69, 9.17) is 17.3 Å². The van der Waals surface area contributed by atoms with Crippen molar-refractivity contribution in [3.8, 4) is 0 Å². The number of primary amides is 1. The van der Waals surface area contributed by atoms with Gasteiger partial charge in [0.1, 0.15) is 12.6 Å². The fourth-order valence-corrected chi connectivity index (χ4v) is 5.59. The van der Waals surface area contributed by atoms with E-state index in [2.05, 4.69) is 10.4 Å². The Hall–Kier alpha value is -3.46. The lowest BCUT2D eigenvalue weighted by Crippen LogP contribution is -2.50. The molecule has 3 amide bonds. The second-order valence-corrected chi connectivity index (χ2v) is 10.1. The van der Waals surface area contributed by atoms with Gasteiger partial charge in [-0.05, 0) is 42.5 Å². The summed E-state index contributed by atoms with van der Waals surface area (Å²) < 4.78 is 16.7. The number of fused-ring (bicyclic) bond motifs is 2. The summed E-state index contributed by atoms with van der Waals surface area (Å²) in [5, 5.41) is 7.95. The number of benzene rings is 2. The van der Waals surface area contributed by atoms with E-state index < -0.39 is 23.7 Å². The van der Waals surface area contributed by atoms with Crippen LogP contribution in [0.5, 0.6) is 0 Å². The quantitative estimate of drug-likeness (QED) is 0.547. The van der Waals surface area contributed by atoms with Crippen LogP contribution in [0, 0.1) is 5.92 Å². The van der Waals surface area contributed by atoms with Crippen molar-refractivity contribution in [3.05, 3.63) is 64.8 Å². The number of nitrogens with one attached hydrogen (secondary N) is 1. The highest BCUT2D eigenvalue weighted by Gasteiger charge is 2.60. The maximum atomic E-state index is 15.3. The van der Waals surface area contributed by atoms with Gasteiger partial charge in [0.25, 0.3) is 5.91 Å². The highest BCUT2D eigenvalue weighted by molar-refractivity contribution is 6.31. The van der Waals surface area contributed by atoms with Gasteiger partial charge in [-0.3, -0.25) is 19.1 Å². The number of piperidine rings is 1. The van der Waals surface area contributed by atoms with Gasteiger partial charge >= 0.3 is 0 Å². The molecule has 0 bridgehead atoms. The predicted octanol–water partition coefficient (Wildman–Crippen LogP) is 2.53. The van der Waals surface area contributed by atoms with Gasteiger partial charge in [0.15, 0.2) is 11.4 Å². The average Bonchev–Trinajstić information content (AvgIpc) is 3.65. The van der Waals surface area contributed by atoms with Gasteiger partial charge in [-0.25, -0.2) is 4.39 Å². The van der Waals surface area contributed by atoms with Crippen molar-refractivity contribution in [2.45, 2.75) is 49.6 Å². The zero-order chi connectivity index (χ0) is 24.5. The molecule has 10 heteroatoms. The number of nitrogens with two attached hydrogens (primary N) is 1. The lowest BCUT2D eigenvalue weighted by Gasteiger charge is -2.27. The summed E-state index contributed by atoms with van der Waals surface area (Å²) in [5.74, 6) is -1.06. The number of hydrogen-bond acceptors (Lipinski definition) is 4. The molecule has 3 aliphatic rings. The van der Waals surface area contributed by atoms with Crippen LogP contribution in [0.3, 0.4) is 0 Å². The second-order valence-electron chi connectivity index (χ2n) is 9.64. The molecule has 1 aromatic heterocycles. The van der Waals surface area contributed by atoms with Crippen LogP contribution in [0.1, 0.15) is 35.3 Å². The summed E-state index contributed by atoms with van der Waals surface area (Å²) >= 11 is 6.06. The smallest absolute Gasteiger partial charge is 0.269 e. The molecule has 180 valence electrons. The van der Waals surface area contributed by atoms with Gasteiger partial charge in [0.2, 0.25) is 11.8 Å². The molecule has 8 nitrogen and oxygen atoms in total. The minimum absolute atomic E-state index is 0.00593. The Labute approximate surface area is 205 Å². The topological polar surface area (TPSA) is 110 Å². The third-order valence-electron chi connectivity index (χ3n) is 7.39. The first kappa shape index (κ1) is 22.0. The molecule has 0 radical (unpaired) electrons. The largest absolute Gasteiger partial charge is 0.364 e. The fraction of sp³-hybridized carbons (Fsp3) is 0.360. The third kappa shape index (κ3) is 3.65. The maximum Gasteiger partial charge on any atom is 0.269 e. The molecule has 3 aromatic rings. The number of aromatic nitrogens is 2. The minimum Gasteiger partial charge on any atom is -0.364 e. The van der Waals surface area contributed by atoms with Crippen LogP contribution in [0.2, 0.25) is 5.02 Å². The molecule has 2 aliphatic carbocycles. The number of rotatable bonds is 6. The van der Waals surface area contributed by atoms with Crippen molar-refractivity contribution in [2.24, 2.45) is 11.7 Å². The highest BCUT2D eigenvalue weighted by atomic mass is 35.5. The first-order chi connectivity index (χ1) is 16.8. The van der Waals surface area contributed by atoms with E-state index in [1.807, 2.05) is 6.07 Å². The van der Waals surface area contributed by atoms with E-state index in [-0.39, 0.29) is 42.4 Å². The van der Waals surface area contributed by atoms with E-state index in [0.717, 1.165) is 6.42 Å². The van der Waals surface area contributed by atoms with Gasteiger partial charge in [0.05, 0.1) is 11.6 Å². The van der Waals surface area contributed by atoms with Crippen molar-refractivity contribution in [2.75, 3.05) is 0 Å². The summed E-state index contributed by atoms with van der Waals surface area (Å²) in [5.41, 5.74) is 5.02. The van der Waals surface area contributed by atoms with Crippen LogP contribution in [-0.4, -0.2) is 50.5 Å². The molecule has 35 heavy (non-hydrogen) atoms. The molecule has 2 saturated carbocycles. The zero-order valence-electron chi connectivity index (χ0n) is 18.7. The van der Waals surface area contributed by atoms with E-state index in [0.29, 0.717) is 27.9 Å². The molecule has 6 rings (SSSR count). The van der Waals surface area contributed by atoms with Crippen LogP contribution < -0.4 is 11.1 Å². The molecule has 3 N–H and O–H groups in total. The fourth-order valence-electron chi connectivity index (χ4n) is 5.42. The SMILES string of the molecule is NC(=O)c1nn(CC(=O)N2[C@@H]3C[C@@H]3C[C@H]2C(=O)NC2CC2(F)c2ccccc2)c2ccc(Cl)cc12. The van der Waals surface area contributed by atoms with E-state index >= 15 is 4.39 Å². The summed E-state index contributed by atoms with van der Waals surface area (Å²) in [7, 11) is 0. The molecular formula is C25H23ClFN5O3. The normalized spacial score (nSPS) is 28.6. The van der Waals surface area contributed by atoms with Gasteiger partial charge < -0.3 is 16.0 Å². The molecular weight excluding hydrogens is 473 g/mol. The number of halogens is 2. The minimum atomic E-state index is -1.58. The van der Waals surface area contributed by atoms with Gasteiger partial charge in [-0.15, -0.1) is 0 Å². The van der Waals surface area contributed by atoms with Crippen molar-refractivity contribution >= 4 is 40.2 Å². The van der Waals surface area contributed by atoms with Crippen LogP contribution in [-0.2, 0) is 21.8 Å². The molecule has 2 aromatic carbocycles. The van der Waals surface area contributed by atoms with E-state index in [1.165, 1.54) is 4.68 Å². The van der Waals surface area contributed by atoms with Crippen LogP contribution >= 0.6 is 11.6 Å². The Bertz CT molecular complexity index is 1380. The standard InChI is InChI=1S/C25H23ClFN5O3/c26-15-6-7-17-16(10-15)22(23(28)34)30-31(17)12-21(33)32-18-8-13(18)9-19(32)24(35)29-20-11-25(20,27)14-4-2-1-3-5-14/h1-7,10,13,18-20H,8-9,11-12H2,(H2,28,34)(H,29,35)/t13-,18-,19+,20?,25?/m1/s1. The molecule has 2 heterocycles. The van der Waals surface area contributed by atoms with Gasteiger partial charge in [-0.2, -0.15) is 5.10 Å². The lowest BCUT2D eigenvalue weighted by atomic mass is 10.1. The molecule has 1 aliphatic heterocycles. The molecule has 2 unspecified atom stereocenters. The van der Waals surface area contributed by atoms with Crippen molar-refractivity contribution in [3.63, 3.8) is 0 Å². The Balaban J connectivity index is 1.20. The summed E-state index contributed by atoms with van der Waals surface area (Å²) in [6, 6.07) is 12.4. The summed E-state index contributed by atoms with van der Waals surface area (Å²) in [4.78, 5) is 40.0. The monoisotopic (exact) mass is 495 g/mol. The summed E-state index contributed by atoms with van der Waals surface area (Å²) in [6.07, 6.45) is 1.62. The number of nitrogens with zero attached hydrogens (tertiary/aromatic N) is 3. The van der Waals surface area contributed by atoms with Gasteiger partial charge in [-0.1, -0.05) is 41.9 Å². The Morgan fingerprint density at radius 3 is 2.69 bits per heavy atom. The van der Waals surface area contributed by atoms with E-state index in [9.17, 15) is 14.4 Å². The summed E-state index contributed by atoms with van der Waals surface area (Å²) in [6.45, 7) is -0.154. The van der Waals surface area contributed by atoms with Gasteiger partial charge in [0, 0.05) is 22.9 Å². The third-order valence-corrected chi connectivity index (χ3v) is 7.62. The van der Waals surface area contributed by atoms with Crippen LogP contribution in [0.15, 0.2) is 48.5 Å². The van der Waals surface area contributed by atoms with Crippen molar-refractivity contribution in [1.29, 1.82) is 0 Å². The van der Waals surface area contributed by atoms with Crippen molar-refractivity contribution in [1.82, 2.24) is 20.0 Å². The zero-order valence-corrected chi connectivity index (χ0v) is 19.4. The van der Waals surface area contributed by atoms with Crippen LogP contribution in [0.25, 0.3) is 10.9 Å². The first-order valence-corrected chi connectivity index (χ1v) is 12.0. The molecule has 3 fully saturated rings. The van der Waals surface area contributed by atoms with E-state index in [1.54, 1.807) is 47.4 Å². The Morgan fingerprint density at radius 2 is 1.94 bits per heavy atom. The van der Waals surface area contributed by atoms with Crippen LogP contribution in [0.4, 0.5) is 4.39 Å². The number of amides is 3. The number of alkyl halides is 1. The molecule has 5 atom stereocenters. The number of hydrogen-bond donors (Lipinski definition) is 2. The molecule has 1 saturated heterocycles. The number of carbonyl (C=O) groups is 3. The lowest BCUT2D eigenvalue weighted by molar-refractivity contribution is -0.140. The molecule has 0 spiro atoms. The highest BCUT2D eigenvalue weighted by Crippen LogP contribution is 2.51.